The summed E-state index contributed by atoms with van der Waals surface area (Å²) in [5.74, 6) is 1.32. The Morgan fingerprint density at radius 1 is 1.19 bits per heavy atom. The molecule has 1 amide bonds. The number of hydrogen-bond donors (Lipinski definition) is 1. The van der Waals surface area contributed by atoms with Crippen LogP contribution >= 0.6 is 15.9 Å². The second kappa shape index (κ2) is 7.48. The quantitative estimate of drug-likeness (QED) is 0.779. The van der Waals surface area contributed by atoms with Crippen LogP contribution in [0.4, 0.5) is 5.69 Å². The zero-order valence-corrected chi connectivity index (χ0v) is 14.5. The van der Waals surface area contributed by atoms with Crippen LogP contribution in [0.1, 0.15) is 43.2 Å². The molecule has 1 saturated carbocycles. The normalized spacial score (nSPS) is 22.0. The van der Waals surface area contributed by atoms with Crippen molar-refractivity contribution in [2.45, 2.75) is 52.3 Å². The Labute approximate surface area is 137 Å². The summed E-state index contributed by atoms with van der Waals surface area (Å²) < 4.78 is 1.05. The van der Waals surface area contributed by atoms with Gasteiger partial charge in [0.1, 0.15) is 0 Å². The highest BCUT2D eigenvalue weighted by atomic mass is 79.9. The molecule has 0 saturated heterocycles. The van der Waals surface area contributed by atoms with Gasteiger partial charge in [-0.15, -0.1) is 0 Å². The van der Waals surface area contributed by atoms with Crippen molar-refractivity contribution in [3.8, 4) is 0 Å². The molecule has 1 aliphatic carbocycles. The van der Waals surface area contributed by atoms with Gasteiger partial charge >= 0.3 is 0 Å². The van der Waals surface area contributed by atoms with Gasteiger partial charge in [0.05, 0.1) is 7.85 Å². The molecular weight excluding hydrogens is 325 g/mol. The van der Waals surface area contributed by atoms with E-state index in [1.807, 2.05) is 26.0 Å². The topological polar surface area (TPSA) is 29.1 Å². The van der Waals surface area contributed by atoms with Crippen LogP contribution < -0.4 is 5.32 Å². The van der Waals surface area contributed by atoms with Gasteiger partial charge in [0.25, 0.3) is 0 Å². The van der Waals surface area contributed by atoms with Crippen LogP contribution in [0.2, 0.25) is 6.32 Å². The Kier molecular flexibility index (Phi) is 5.92. The summed E-state index contributed by atoms with van der Waals surface area (Å²) in [4.78, 5) is 12.3. The zero-order valence-electron chi connectivity index (χ0n) is 12.9. The molecular formula is C17H23BBrNO. The second-order valence-electron chi connectivity index (χ2n) is 6.29. The molecule has 0 unspecified atom stereocenters. The molecule has 1 N–H and O–H groups in total. The lowest BCUT2D eigenvalue weighted by molar-refractivity contribution is -0.117. The molecule has 0 atom stereocenters. The van der Waals surface area contributed by atoms with Crippen molar-refractivity contribution < 1.29 is 4.79 Å². The first-order valence-corrected chi connectivity index (χ1v) is 8.55. The lowest BCUT2D eigenvalue weighted by Gasteiger charge is -2.27. The van der Waals surface area contributed by atoms with Crippen LogP contribution in [0, 0.1) is 25.7 Å². The number of nitrogens with one attached hydrogen (secondary N) is 1. The number of hydrogen-bond acceptors (Lipinski definition) is 1. The highest BCUT2D eigenvalue weighted by Crippen LogP contribution is 2.33. The predicted octanol–water partition coefficient (Wildman–Crippen LogP) is 4.79. The molecule has 1 aromatic rings. The summed E-state index contributed by atoms with van der Waals surface area (Å²) in [6.07, 6.45) is 6.03. The lowest BCUT2D eigenvalue weighted by atomic mass is 9.75. The van der Waals surface area contributed by atoms with E-state index in [1.54, 1.807) is 0 Å². The minimum absolute atomic E-state index is 0.139. The van der Waals surface area contributed by atoms with E-state index in [1.165, 1.54) is 12.8 Å². The van der Waals surface area contributed by atoms with Gasteiger partial charge < -0.3 is 5.32 Å². The molecule has 2 nitrogen and oxygen atoms in total. The summed E-state index contributed by atoms with van der Waals surface area (Å²) in [5.41, 5.74) is 3.16. The summed E-state index contributed by atoms with van der Waals surface area (Å²) >= 11 is 3.48. The first kappa shape index (κ1) is 16.6. The van der Waals surface area contributed by atoms with Crippen molar-refractivity contribution in [3.63, 3.8) is 0 Å². The van der Waals surface area contributed by atoms with Crippen LogP contribution in [0.25, 0.3) is 0 Å². The number of carbonyl (C=O) groups excluding carboxylic acids is 1. The summed E-state index contributed by atoms with van der Waals surface area (Å²) in [6, 6.07) is 4.07. The van der Waals surface area contributed by atoms with Crippen molar-refractivity contribution in [2.75, 3.05) is 5.32 Å². The monoisotopic (exact) mass is 347 g/mol. The third-order valence-electron chi connectivity index (χ3n) is 4.54. The van der Waals surface area contributed by atoms with E-state index in [2.05, 4.69) is 21.2 Å². The third kappa shape index (κ3) is 4.60. The molecule has 0 bridgehead atoms. The largest absolute Gasteiger partial charge is 0.326 e. The van der Waals surface area contributed by atoms with E-state index in [0.29, 0.717) is 18.3 Å². The molecule has 1 aliphatic rings. The van der Waals surface area contributed by atoms with Gasteiger partial charge in [-0.2, -0.15) is 0 Å². The van der Waals surface area contributed by atoms with Gasteiger partial charge in [-0.25, -0.2) is 0 Å². The van der Waals surface area contributed by atoms with E-state index in [0.717, 1.165) is 40.4 Å². The minimum Gasteiger partial charge on any atom is -0.326 e. The second-order valence-corrected chi connectivity index (χ2v) is 7.21. The first-order valence-electron chi connectivity index (χ1n) is 7.76. The zero-order chi connectivity index (χ0) is 15.4. The Balaban J connectivity index is 1.91. The molecule has 2 rings (SSSR count). The molecule has 1 fully saturated rings. The van der Waals surface area contributed by atoms with E-state index < -0.39 is 0 Å². The Hall–Kier alpha value is -0.765. The fraction of sp³-hybridized carbons (Fsp3) is 0.588. The Bertz CT molecular complexity index is 487. The van der Waals surface area contributed by atoms with Crippen molar-refractivity contribution in [1.29, 1.82) is 0 Å². The smallest absolute Gasteiger partial charge is 0.224 e. The van der Waals surface area contributed by atoms with Crippen molar-refractivity contribution >= 4 is 35.4 Å². The molecule has 0 aliphatic heterocycles. The molecule has 21 heavy (non-hydrogen) atoms. The molecule has 0 heterocycles. The van der Waals surface area contributed by atoms with E-state index in [4.69, 9.17) is 7.85 Å². The maximum absolute atomic E-state index is 12.3. The van der Waals surface area contributed by atoms with Crippen molar-refractivity contribution in [3.05, 3.63) is 27.7 Å². The molecule has 112 valence electrons. The Morgan fingerprint density at radius 2 is 1.71 bits per heavy atom. The van der Waals surface area contributed by atoms with Gasteiger partial charge in [0, 0.05) is 16.6 Å². The lowest BCUT2D eigenvalue weighted by Crippen LogP contribution is -2.21. The highest BCUT2D eigenvalue weighted by Gasteiger charge is 2.22. The summed E-state index contributed by atoms with van der Waals surface area (Å²) in [6.45, 7) is 4.06. The van der Waals surface area contributed by atoms with Gasteiger partial charge in [-0.3, -0.25) is 4.79 Å². The van der Waals surface area contributed by atoms with Crippen LogP contribution in [-0.2, 0) is 4.79 Å². The summed E-state index contributed by atoms with van der Waals surface area (Å²) in [7, 11) is 5.71. The molecule has 1 aromatic carbocycles. The van der Waals surface area contributed by atoms with Crippen molar-refractivity contribution in [2.24, 2.45) is 11.8 Å². The van der Waals surface area contributed by atoms with Gasteiger partial charge in [-0.1, -0.05) is 35.1 Å². The summed E-state index contributed by atoms with van der Waals surface area (Å²) in [5, 5.41) is 3.09. The van der Waals surface area contributed by atoms with E-state index >= 15 is 0 Å². The first-order chi connectivity index (χ1) is 9.99. The maximum Gasteiger partial charge on any atom is 0.224 e. The van der Waals surface area contributed by atoms with E-state index in [9.17, 15) is 4.79 Å². The number of halogens is 1. The SMILES string of the molecule is [B]CC1CCC(CC(=O)Nc2c(C)cc(Br)cc2C)CC1. The average molecular weight is 348 g/mol. The molecule has 2 radical (unpaired) electrons. The third-order valence-corrected chi connectivity index (χ3v) is 4.99. The molecule has 0 spiro atoms. The molecule has 0 aromatic heterocycles. The van der Waals surface area contributed by atoms with Gasteiger partial charge in [0.2, 0.25) is 5.91 Å². The van der Waals surface area contributed by atoms with Crippen LogP contribution in [0.15, 0.2) is 16.6 Å². The standard InChI is InChI=1S/C17H23BBrNO/c1-11-7-15(19)8-12(2)17(11)20-16(21)9-13-3-5-14(10-18)6-4-13/h7-8,13-14H,3-6,9-10H2,1-2H3,(H,20,21). The number of rotatable bonds is 4. The minimum atomic E-state index is 0.139. The molecule has 4 heteroatoms. The number of amides is 1. The number of benzene rings is 1. The van der Waals surface area contributed by atoms with E-state index in [-0.39, 0.29) is 5.91 Å². The van der Waals surface area contributed by atoms with Crippen LogP contribution in [-0.4, -0.2) is 13.8 Å². The average Bonchev–Trinajstić information content (AvgIpc) is 2.43. The predicted molar refractivity (Wildman–Crippen MR) is 92.9 cm³/mol. The highest BCUT2D eigenvalue weighted by molar-refractivity contribution is 9.10. The van der Waals surface area contributed by atoms with Crippen LogP contribution in [0.3, 0.4) is 0 Å². The maximum atomic E-state index is 12.3. The fourth-order valence-corrected chi connectivity index (χ4v) is 3.92. The number of anilines is 1. The number of carbonyl (C=O) groups is 1. The Morgan fingerprint density at radius 3 is 2.24 bits per heavy atom. The fourth-order valence-electron chi connectivity index (χ4n) is 3.23. The number of aryl methyl sites for hydroxylation is 2. The van der Waals surface area contributed by atoms with Gasteiger partial charge in [0.15, 0.2) is 0 Å². The van der Waals surface area contributed by atoms with Gasteiger partial charge in [-0.05, 0) is 61.8 Å². The van der Waals surface area contributed by atoms with Crippen molar-refractivity contribution in [1.82, 2.24) is 0 Å². The van der Waals surface area contributed by atoms with Crippen LogP contribution in [0.5, 0.6) is 0 Å².